The molecule has 0 saturated carbocycles. The lowest BCUT2D eigenvalue weighted by Gasteiger charge is -2.43. The van der Waals surface area contributed by atoms with E-state index < -0.39 is 16.9 Å². The van der Waals surface area contributed by atoms with Gasteiger partial charge in [0, 0.05) is 23.0 Å². The summed E-state index contributed by atoms with van der Waals surface area (Å²) in [6.07, 6.45) is 1.57. The maximum Gasteiger partial charge on any atom is 0.251 e. The number of nitrogens with zero attached hydrogens (tertiary/aromatic N) is 1. The van der Waals surface area contributed by atoms with Crippen LogP contribution in [0.3, 0.4) is 0 Å². The molecule has 4 heterocycles. The zero-order valence-corrected chi connectivity index (χ0v) is 20.5. The van der Waals surface area contributed by atoms with Gasteiger partial charge in [0.05, 0.1) is 18.1 Å². The first kappa shape index (κ1) is 22.2. The quantitative estimate of drug-likeness (QED) is 0.535. The molecule has 3 aromatic carbocycles. The standard InChI is InChI=1S/C30H27N3O4/c1-2-37-24-16-8-3-10-18(24)26(34)25-23-15-9-17-33(23)30(20-12-5-7-14-22(20)32-28(30)36)29(25)19-11-4-6-13-21(19)31-27(29)35/h3-8,10-14,16,23,25H,2,9,15,17H2,1H3,(H,31,35)(H,32,36)/t23-,25-,29+,30+/m0/s1. The second kappa shape index (κ2) is 7.76. The minimum atomic E-state index is -1.44. The predicted molar refractivity (Wildman–Crippen MR) is 139 cm³/mol. The summed E-state index contributed by atoms with van der Waals surface area (Å²) in [5.41, 5.74) is 0.463. The van der Waals surface area contributed by atoms with Gasteiger partial charge in [-0.25, -0.2) is 0 Å². The molecule has 37 heavy (non-hydrogen) atoms. The third kappa shape index (κ3) is 2.52. The number of hydrogen-bond acceptors (Lipinski definition) is 5. The summed E-state index contributed by atoms with van der Waals surface area (Å²) in [5, 5.41) is 6.15. The zero-order valence-electron chi connectivity index (χ0n) is 20.5. The molecule has 2 spiro atoms. The number of Topliss-reactive ketones (excluding diaryl/α,β-unsaturated/α-hetero) is 1. The van der Waals surface area contributed by atoms with E-state index in [0.29, 0.717) is 41.4 Å². The molecule has 0 unspecified atom stereocenters. The number of rotatable bonds is 4. The Bertz CT molecular complexity index is 1480. The second-order valence-electron chi connectivity index (χ2n) is 10.2. The van der Waals surface area contributed by atoms with Crippen LogP contribution in [0.2, 0.25) is 0 Å². The molecule has 4 atom stereocenters. The van der Waals surface area contributed by atoms with Crippen LogP contribution < -0.4 is 15.4 Å². The molecule has 0 aliphatic carbocycles. The smallest absolute Gasteiger partial charge is 0.251 e. The van der Waals surface area contributed by atoms with Crippen LogP contribution in [0.25, 0.3) is 0 Å². The minimum Gasteiger partial charge on any atom is -0.493 e. The highest BCUT2D eigenvalue weighted by Gasteiger charge is 2.81. The Morgan fingerprint density at radius 2 is 1.57 bits per heavy atom. The van der Waals surface area contributed by atoms with Crippen molar-refractivity contribution in [3.63, 3.8) is 0 Å². The van der Waals surface area contributed by atoms with Crippen molar-refractivity contribution in [3.8, 4) is 5.75 Å². The van der Waals surface area contributed by atoms with Gasteiger partial charge >= 0.3 is 0 Å². The molecule has 0 aromatic heterocycles. The van der Waals surface area contributed by atoms with Crippen LogP contribution in [-0.4, -0.2) is 41.7 Å². The highest BCUT2D eigenvalue weighted by molar-refractivity contribution is 6.21. The molecule has 0 radical (unpaired) electrons. The summed E-state index contributed by atoms with van der Waals surface area (Å²) in [7, 11) is 0. The predicted octanol–water partition coefficient (Wildman–Crippen LogP) is 4.10. The van der Waals surface area contributed by atoms with E-state index in [9.17, 15) is 14.4 Å². The van der Waals surface area contributed by atoms with Gasteiger partial charge in [-0.2, -0.15) is 0 Å². The van der Waals surface area contributed by atoms with Crippen LogP contribution in [0.4, 0.5) is 11.4 Å². The van der Waals surface area contributed by atoms with Crippen LogP contribution in [0.5, 0.6) is 5.75 Å². The number of carbonyl (C=O) groups is 3. The van der Waals surface area contributed by atoms with Crippen LogP contribution >= 0.6 is 0 Å². The molecule has 2 fully saturated rings. The Morgan fingerprint density at radius 1 is 0.919 bits per heavy atom. The number of nitrogens with one attached hydrogen (secondary N) is 2. The summed E-state index contributed by atoms with van der Waals surface area (Å²) in [6, 6.07) is 22.0. The fraction of sp³-hybridized carbons (Fsp3) is 0.300. The Hall–Kier alpha value is -3.97. The van der Waals surface area contributed by atoms with Crippen molar-refractivity contribution in [2.75, 3.05) is 23.8 Å². The lowest BCUT2D eigenvalue weighted by atomic mass is 9.57. The maximum atomic E-state index is 14.7. The molecule has 0 bridgehead atoms. The molecule has 7 rings (SSSR count). The Balaban J connectivity index is 1.57. The van der Waals surface area contributed by atoms with Crippen LogP contribution in [-0.2, 0) is 20.5 Å². The molecule has 7 nitrogen and oxygen atoms in total. The first-order chi connectivity index (χ1) is 18.1. The Labute approximate surface area is 214 Å². The average Bonchev–Trinajstić information content (AvgIpc) is 3.63. The molecule has 4 aliphatic rings. The molecule has 3 aromatic rings. The number of hydrogen-bond donors (Lipinski definition) is 2. The van der Waals surface area contributed by atoms with E-state index >= 15 is 0 Å². The van der Waals surface area contributed by atoms with Gasteiger partial charge in [0.15, 0.2) is 5.78 Å². The van der Waals surface area contributed by atoms with Crippen molar-refractivity contribution in [2.45, 2.75) is 36.8 Å². The maximum absolute atomic E-state index is 14.7. The van der Waals surface area contributed by atoms with Crippen molar-refractivity contribution in [2.24, 2.45) is 5.92 Å². The monoisotopic (exact) mass is 493 g/mol. The number of ketones is 1. The third-order valence-electron chi connectivity index (χ3n) is 8.74. The van der Waals surface area contributed by atoms with E-state index in [-0.39, 0.29) is 23.6 Å². The molecular weight excluding hydrogens is 466 g/mol. The van der Waals surface area contributed by atoms with Crippen LogP contribution in [0.1, 0.15) is 41.3 Å². The zero-order chi connectivity index (χ0) is 25.4. The third-order valence-corrected chi connectivity index (χ3v) is 8.74. The number of ether oxygens (including phenoxy) is 1. The number of fused-ring (bicyclic) bond motifs is 7. The second-order valence-corrected chi connectivity index (χ2v) is 10.2. The number of anilines is 2. The normalized spacial score (nSPS) is 29.2. The molecule has 186 valence electrons. The fourth-order valence-corrected chi connectivity index (χ4v) is 7.65. The highest BCUT2D eigenvalue weighted by Crippen LogP contribution is 2.67. The van der Waals surface area contributed by atoms with E-state index in [0.717, 1.165) is 18.4 Å². The van der Waals surface area contributed by atoms with Gasteiger partial charge in [0.2, 0.25) is 5.91 Å². The molecule has 2 N–H and O–H groups in total. The van der Waals surface area contributed by atoms with Gasteiger partial charge in [-0.1, -0.05) is 48.5 Å². The molecule has 7 heteroatoms. The largest absolute Gasteiger partial charge is 0.493 e. The summed E-state index contributed by atoms with van der Waals surface area (Å²) in [5.74, 6) is -0.999. The number of amides is 2. The fourth-order valence-electron chi connectivity index (χ4n) is 7.65. The van der Waals surface area contributed by atoms with Crippen molar-refractivity contribution < 1.29 is 19.1 Å². The molecule has 4 aliphatic heterocycles. The van der Waals surface area contributed by atoms with Gasteiger partial charge in [0.1, 0.15) is 16.7 Å². The van der Waals surface area contributed by atoms with Gasteiger partial charge in [-0.3, -0.25) is 19.3 Å². The summed E-state index contributed by atoms with van der Waals surface area (Å²) in [4.78, 5) is 45.7. The molecular formula is C30H27N3O4. The minimum absolute atomic E-state index is 0.165. The SMILES string of the molecule is CCOc1ccccc1C(=O)[C@@H]1[C@@H]2CCCN2[C@]2(C(=O)Nc3ccccc32)[C@@]12C(=O)Nc1ccccc12. The lowest BCUT2D eigenvalue weighted by molar-refractivity contribution is -0.137. The molecule has 2 amide bonds. The highest BCUT2D eigenvalue weighted by atomic mass is 16.5. The number of benzene rings is 3. The van der Waals surface area contributed by atoms with E-state index in [1.54, 1.807) is 12.1 Å². The van der Waals surface area contributed by atoms with Crippen molar-refractivity contribution in [3.05, 3.63) is 89.5 Å². The Morgan fingerprint density at radius 3 is 2.35 bits per heavy atom. The van der Waals surface area contributed by atoms with Gasteiger partial charge in [0.25, 0.3) is 5.91 Å². The summed E-state index contributed by atoms with van der Waals surface area (Å²) < 4.78 is 5.86. The van der Waals surface area contributed by atoms with E-state index in [1.165, 1.54) is 0 Å². The van der Waals surface area contributed by atoms with E-state index in [4.69, 9.17) is 4.74 Å². The van der Waals surface area contributed by atoms with Crippen molar-refractivity contribution >= 4 is 29.0 Å². The topological polar surface area (TPSA) is 87.7 Å². The average molecular weight is 494 g/mol. The number of para-hydroxylation sites is 3. The van der Waals surface area contributed by atoms with Crippen LogP contribution in [0, 0.1) is 5.92 Å². The summed E-state index contributed by atoms with van der Waals surface area (Å²) in [6.45, 7) is 2.92. The first-order valence-electron chi connectivity index (χ1n) is 12.9. The van der Waals surface area contributed by atoms with Gasteiger partial charge in [-0.15, -0.1) is 0 Å². The van der Waals surface area contributed by atoms with Crippen molar-refractivity contribution in [1.29, 1.82) is 0 Å². The lowest BCUT2D eigenvalue weighted by Crippen LogP contribution is -2.62. The molecule has 2 saturated heterocycles. The summed E-state index contributed by atoms with van der Waals surface area (Å²) >= 11 is 0. The van der Waals surface area contributed by atoms with Gasteiger partial charge in [-0.05, 0) is 56.1 Å². The van der Waals surface area contributed by atoms with E-state index in [2.05, 4.69) is 15.5 Å². The number of carbonyl (C=O) groups excluding carboxylic acids is 3. The van der Waals surface area contributed by atoms with Crippen molar-refractivity contribution in [1.82, 2.24) is 4.90 Å². The van der Waals surface area contributed by atoms with Gasteiger partial charge < -0.3 is 15.4 Å². The first-order valence-corrected chi connectivity index (χ1v) is 12.9. The van der Waals surface area contributed by atoms with Crippen LogP contribution in [0.15, 0.2) is 72.8 Å². The van der Waals surface area contributed by atoms with E-state index in [1.807, 2.05) is 67.6 Å². The Kier molecular flexibility index (Phi) is 4.67.